The van der Waals surface area contributed by atoms with Gasteiger partial charge in [0, 0.05) is 5.69 Å². The molecule has 0 amide bonds. The van der Waals surface area contributed by atoms with Crippen LogP contribution in [0.2, 0.25) is 0 Å². The second kappa shape index (κ2) is 3.05. The minimum absolute atomic E-state index is 0.822. The minimum atomic E-state index is 0.822. The lowest BCUT2D eigenvalue weighted by atomic mass is 10.2. The largest absolute Gasteiger partial charge is 0.463 e. The van der Waals surface area contributed by atoms with E-state index in [2.05, 4.69) is 11.1 Å². The molecule has 0 atom stereocenters. The van der Waals surface area contributed by atoms with Gasteiger partial charge in [-0.05, 0) is 37.6 Å². The molecule has 2 heteroatoms. The number of aryl methyl sites for hydroxylation is 2. The molecule has 66 valence electrons. The molecule has 0 spiro atoms. The van der Waals surface area contributed by atoms with Crippen LogP contribution in [0.15, 0.2) is 34.9 Å². The lowest BCUT2D eigenvalue weighted by Gasteiger charge is -2.00. The number of rotatable bonds is 1. The van der Waals surface area contributed by atoms with Gasteiger partial charge < -0.3 is 4.42 Å². The Morgan fingerprint density at radius 1 is 1.15 bits per heavy atom. The highest BCUT2D eigenvalue weighted by atomic mass is 16.3. The number of hydrogen-bond acceptors (Lipinski definition) is 2. The van der Waals surface area contributed by atoms with E-state index in [9.17, 15) is 0 Å². The molecule has 0 aromatic carbocycles. The van der Waals surface area contributed by atoms with Gasteiger partial charge in [0.2, 0.25) is 0 Å². The summed E-state index contributed by atoms with van der Waals surface area (Å²) in [6.45, 7) is 4.05. The summed E-state index contributed by atoms with van der Waals surface area (Å²) in [7, 11) is 0. The van der Waals surface area contributed by atoms with Crippen molar-refractivity contribution in [2.75, 3.05) is 0 Å². The van der Waals surface area contributed by atoms with Gasteiger partial charge in [0.25, 0.3) is 0 Å². The topological polar surface area (TPSA) is 26.0 Å². The third kappa shape index (κ3) is 1.47. The predicted molar refractivity (Wildman–Crippen MR) is 51.4 cm³/mol. The smallest absolute Gasteiger partial charge is 0.152 e. The first-order chi connectivity index (χ1) is 6.27. The lowest BCUT2D eigenvalue weighted by Crippen LogP contribution is -1.88. The standard InChI is InChI=1S/C11H11NO/c1-8-5-6-10(12-9(8)2)11-4-3-7-13-11/h3-7H,1-2H3. The van der Waals surface area contributed by atoms with Crippen LogP contribution >= 0.6 is 0 Å². The fourth-order valence-electron chi connectivity index (χ4n) is 1.19. The first-order valence-electron chi connectivity index (χ1n) is 4.25. The van der Waals surface area contributed by atoms with Crippen LogP contribution in [0, 0.1) is 13.8 Å². The van der Waals surface area contributed by atoms with Crippen molar-refractivity contribution < 1.29 is 4.42 Å². The quantitative estimate of drug-likeness (QED) is 0.662. The summed E-state index contributed by atoms with van der Waals surface area (Å²) in [6.07, 6.45) is 1.66. The molecule has 0 radical (unpaired) electrons. The molecule has 2 nitrogen and oxygen atoms in total. The molecule has 2 aromatic heterocycles. The monoisotopic (exact) mass is 173 g/mol. The van der Waals surface area contributed by atoms with Gasteiger partial charge in [-0.2, -0.15) is 0 Å². The van der Waals surface area contributed by atoms with Crippen LogP contribution in [-0.2, 0) is 0 Å². The van der Waals surface area contributed by atoms with Crippen molar-refractivity contribution in [1.29, 1.82) is 0 Å². The van der Waals surface area contributed by atoms with Crippen molar-refractivity contribution in [2.45, 2.75) is 13.8 Å². The second-order valence-electron chi connectivity index (χ2n) is 3.08. The molecule has 0 bridgehead atoms. The van der Waals surface area contributed by atoms with Gasteiger partial charge in [0.15, 0.2) is 5.76 Å². The summed E-state index contributed by atoms with van der Waals surface area (Å²) in [5.74, 6) is 0.822. The molecule has 2 aromatic rings. The van der Waals surface area contributed by atoms with Crippen molar-refractivity contribution in [3.05, 3.63) is 41.8 Å². The van der Waals surface area contributed by atoms with Crippen LogP contribution in [0.5, 0.6) is 0 Å². The van der Waals surface area contributed by atoms with Gasteiger partial charge in [0.1, 0.15) is 5.69 Å². The van der Waals surface area contributed by atoms with E-state index in [1.54, 1.807) is 6.26 Å². The van der Waals surface area contributed by atoms with Crippen molar-refractivity contribution in [1.82, 2.24) is 4.98 Å². The first kappa shape index (κ1) is 8.05. The van der Waals surface area contributed by atoms with Crippen molar-refractivity contribution in [2.24, 2.45) is 0 Å². The number of pyridine rings is 1. The molecule has 0 aliphatic rings. The lowest BCUT2D eigenvalue weighted by molar-refractivity contribution is 0.580. The average molecular weight is 173 g/mol. The van der Waals surface area contributed by atoms with Crippen LogP contribution in [-0.4, -0.2) is 4.98 Å². The molecule has 13 heavy (non-hydrogen) atoms. The van der Waals surface area contributed by atoms with Crippen molar-refractivity contribution in [3.63, 3.8) is 0 Å². The summed E-state index contributed by atoms with van der Waals surface area (Å²) in [4.78, 5) is 4.42. The van der Waals surface area contributed by atoms with Crippen LogP contribution < -0.4 is 0 Å². The highest BCUT2D eigenvalue weighted by Crippen LogP contribution is 2.18. The van der Waals surface area contributed by atoms with E-state index >= 15 is 0 Å². The second-order valence-corrected chi connectivity index (χ2v) is 3.08. The number of aromatic nitrogens is 1. The normalized spacial score (nSPS) is 10.3. The van der Waals surface area contributed by atoms with Gasteiger partial charge in [0.05, 0.1) is 6.26 Å². The average Bonchev–Trinajstić information content (AvgIpc) is 2.62. The van der Waals surface area contributed by atoms with E-state index in [0.717, 1.165) is 17.1 Å². The maximum Gasteiger partial charge on any atom is 0.152 e. The Bertz CT molecular complexity index is 404. The van der Waals surface area contributed by atoms with Gasteiger partial charge in [-0.15, -0.1) is 0 Å². The molecule has 2 rings (SSSR count). The molecular weight excluding hydrogens is 162 g/mol. The number of nitrogens with zero attached hydrogens (tertiary/aromatic N) is 1. The van der Waals surface area contributed by atoms with E-state index in [4.69, 9.17) is 4.42 Å². The minimum Gasteiger partial charge on any atom is -0.463 e. The van der Waals surface area contributed by atoms with Crippen molar-refractivity contribution >= 4 is 0 Å². The van der Waals surface area contributed by atoms with E-state index in [1.165, 1.54) is 5.56 Å². The predicted octanol–water partition coefficient (Wildman–Crippen LogP) is 2.96. The van der Waals surface area contributed by atoms with Crippen LogP contribution in [0.4, 0.5) is 0 Å². The molecule has 0 aliphatic carbocycles. The van der Waals surface area contributed by atoms with Gasteiger partial charge in [-0.1, -0.05) is 6.07 Å². The zero-order valence-electron chi connectivity index (χ0n) is 7.74. The zero-order chi connectivity index (χ0) is 9.26. The fourth-order valence-corrected chi connectivity index (χ4v) is 1.19. The molecule has 0 aliphatic heterocycles. The van der Waals surface area contributed by atoms with Crippen LogP contribution in [0.3, 0.4) is 0 Å². The van der Waals surface area contributed by atoms with E-state index in [1.807, 2.05) is 32.0 Å². The molecule has 0 fully saturated rings. The summed E-state index contributed by atoms with van der Waals surface area (Å²) in [5, 5.41) is 0. The number of hydrogen-bond donors (Lipinski definition) is 0. The maximum absolute atomic E-state index is 5.25. The Morgan fingerprint density at radius 3 is 2.62 bits per heavy atom. The Kier molecular flexibility index (Phi) is 1.89. The van der Waals surface area contributed by atoms with E-state index in [0.29, 0.717) is 0 Å². The first-order valence-corrected chi connectivity index (χ1v) is 4.25. The van der Waals surface area contributed by atoms with Gasteiger partial charge >= 0.3 is 0 Å². The van der Waals surface area contributed by atoms with Crippen LogP contribution in [0.25, 0.3) is 11.5 Å². The highest BCUT2D eigenvalue weighted by Gasteiger charge is 2.02. The number of furan rings is 1. The van der Waals surface area contributed by atoms with Crippen LogP contribution in [0.1, 0.15) is 11.3 Å². The Hall–Kier alpha value is -1.57. The van der Waals surface area contributed by atoms with Gasteiger partial charge in [-0.3, -0.25) is 0 Å². The highest BCUT2D eigenvalue weighted by molar-refractivity contribution is 5.52. The summed E-state index contributed by atoms with van der Waals surface area (Å²) in [6, 6.07) is 7.81. The molecule has 2 heterocycles. The third-order valence-corrected chi connectivity index (χ3v) is 2.12. The Labute approximate surface area is 77.2 Å². The SMILES string of the molecule is Cc1ccc(-c2ccco2)nc1C. The zero-order valence-corrected chi connectivity index (χ0v) is 7.74. The fraction of sp³-hybridized carbons (Fsp3) is 0.182. The molecule has 0 saturated carbocycles. The molecule has 0 unspecified atom stereocenters. The Morgan fingerprint density at radius 2 is 2.00 bits per heavy atom. The summed E-state index contributed by atoms with van der Waals surface area (Å²) >= 11 is 0. The molecule has 0 N–H and O–H groups in total. The van der Waals surface area contributed by atoms with Gasteiger partial charge in [-0.25, -0.2) is 4.98 Å². The van der Waals surface area contributed by atoms with E-state index in [-0.39, 0.29) is 0 Å². The van der Waals surface area contributed by atoms with E-state index < -0.39 is 0 Å². The summed E-state index contributed by atoms with van der Waals surface area (Å²) < 4.78 is 5.25. The summed E-state index contributed by atoms with van der Waals surface area (Å²) in [5.41, 5.74) is 3.15. The maximum atomic E-state index is 5.25. The third-order valence-electron chi connectivity index (χ3n) is 2.12. The molecular formula is C11H11NO. The van der Waals surface area contributed by atoms with Crippen molar-refractivity contribution in [3.8, 4) is 11.5 Å². The molecule has 0 saturated heterocycles. The Balaban J connectivity index is 2.49.